The summed E-state index contributed by atoms with van der Waals surface area (Å²) >= 11 is 7.55. The van der Waals surface area contributed by atoms with Crippen LogP contribution < -0.4 is 5.32 Å². The van der Waals surface area contributed by atoms with Gasteiger partial charge in [0.05, 0.1) is 0 Å². The van der Waals surface area contributed by atoms with Gasteiger partial charge in [-0.1, -0.05) is 62.2 Å². The average molecular weight is 447 g/mol. The molecule has 0 saturated carbocycles. The Morgan fingerprint density at radius 1 is 1.07 bits per heavy atom. The van der Waals surface area contributed by atoms with Crippen LogP contribution in [0.3, 0.4) is 0 Å². The van der Waals surface area contributed by atoms with Crippen LogP contribution >= 0.6 is 23.4 Å². The molecule has 0 unspecified atom stereocenters. The van der Waals surface area contributed by atoms with Crippen LogP contribution in [-0.4, -0.2) is 35.1 Å². The van der Waals surface area contributed by atoms with Crippen molar-refractivity contribution < 1.29 is 9.59 Å². The van der Waals surface area contributed by atoms with Crippen molar-refractivity contribution in [2.75, 3.05) is 12.3 Å². The molecule has 1 atom stereocenters. The van der Waals surface area contributed by atoms with Gasteiger partial charge < -0.3 is 10.2 Å². The van der Waals surface area contributed by atoms with Crippen molar-refractivity contribution in [1.82, 2.24) is 10.2 Å². The lowest BCUT2D eigenvalue weighted by atomic mass is 10.1. The molecule has 30 heavy (non-hydrogen) atoms. The zero-order valence-corrected chi connectivity index (χ0v) is 19.3. The predicted molar refractivity (Wildman–Crippen MR) is 126 cm³/mol. The third-order valence-electron chi connectivity index (χ3n) is 4.81. The smallest absolute Gasteiger partial charge is 0.242 e. The summed E-state index contributed by atoms with van der Waals surface area (Å²) in [5.74, 6) is 0.581. The number of nitrogens with zero attached hydrogens (tertiary/aromatic N) is 1. The molecule has 0 spiro atoms. The largest absolute Gasteiger partial charge is 0.354 e. The van der Waals surface area contributed by atoms with Crippen molar-refractivity contribution >= 4 is 35.2 Å². The quantitative estimate of drug-likeness (QED) is 0.343. The number of unbranched alkanes of at least 4 members (excludes halogenated alkanes) is 1. The monoisotopic (exact) mass is 446 g/mol. The molecule has 0 saturated heterocycles. The minimum absolute atomic E-state index is 0.00203. The SMILES string of the molecule is CCCCNC(=O)[C@H](CC)N(Cc1ccccc1)C(=O)CCSc1ccc(Cl)cc1. The number of hydrogen-bond acceptors (Lipinski definition) is 3. The van der Waals surface area contributed by atoms with E-state index in [1.165, 1.54) is 0 Å². The highest BCUT2D eigenvalue weighted by Crippen LogP contribution is 2.22. The van der Waals surface area contributed by atoms with Crippen molar-refractivity contribution in [3.05, 3.63) is 65.2 Å². The second-order valence-electron chi connectivity index (χ2n) is 7.13. The summed E-state index contributed by atoms with van der Waals surface area (Å²) < 4.78 is 0. The Morgan fingerprint density at radius 3 is 2.40 bits per heavy atom. The van der Waals surface area contributed by atoms with Crippen LogP contribution in [0.2, 0.25) is 5.02 Å². The van der Waals surface area contributed by atoms with E-state index in [9.17, 15) is 9.59 Å². The van der Waals surface area contributed by atoms with E-state index in [-0.39, 0.29) is 11.8 Å². The van der Waals surface area contributed by atoms with E-state index >= 15 is 0 Å². The molecule has 2 amide bonds. The van der Waals surface area contributed by atoms with Crippen molar-refractivity contribution in [1.29, 1.82) is 0 Å². The third-order valence-corrected chi connectivity index (χ3v) is 6.08. The highest BCUT2D eigenvalue weighted by Gasteiger charge is 2.28. The summed E-state index contributed by atoms with van der Waals surface area (Å²) in [4.78, 5) is 28.7. The van der Waals surface area contributed by atoms with E-state index in [1.807, 2.05) is 61.5 Å². The van der Waals surface area contributed by atoms with Crippen molar-refractivity contribution in [3.8, 4) is 0 Å². The zero-order valence-electron chi connectivity index (χ0n) is 17.8. The van der Waals surface area contributed by atoms with Crippen LogP contribution in [-0.2, 0) is 16.1 Å². The van der Waals surface area contributed by atoms with Crippen LogP contribution in [0, 0.1) is 0 Å². The number of thioether (sulfide) groups is 1. The van der Waals surface area contributed by atoms with Gasteiger partial charge in [0.2, 0.25) is 11.8 Å². The molecule has 0 aromatic heterocycles. The Hall–Kier alpha value is -1.98. The molecule has 0 aliphatic rings. The molecule has 0 bridgehead atoms. The minimum atomic E-state index is -0.463. The summed E-state index contributed by atoms with van der Waals surface area (Å²) in [7, 11) is 0. The second kappa shape index (κ2) is 13.3. The van der Waals surface area contributed by atoms with E-state index in [0.29, 0.717) is 36.7 Å². The molecule has 0 radical (unpaired) electrons. The molecule has 162 valence electrons. The fourth-order valence-corrected chi connectivity index (χ4v) is 4.10. The maximum atomic E-state index is 13.1. The molecule has 2 rings (SSSR count). The van der Waals surface area contributed by atoms with E-state index in [2.05, 4.69) is 12.2 Å². The molecule has 6 heteroatoms. The Balaban J connectivity index is 2.05. The third kappa shape index (κ3) is 8.04. The standard InChI is InChI=1S/C24H31ClN2O2S/c1-3-5-16-26-24(29)22(4-2)27(18-19-9-7-6-8-10-19)23(28)15-17-30-21-13-11-20(25)12-14-21/h6-14,22H,3-5,15-18H2,1-2H3,(H,26,29)/t22-/m0/s1. The number of amides is 2. The minimum Gasteiger partial charge on any atom is -0.354 e. The van der Waals surface area contributed by atoms with Crippen LogP contribution in [0.25, 0.3) is 0 Å². The normalized spacial score (nSPS) is 11.7. The second-order valence-corrected chi connectivity index (χ2v) is 8.73. The maximum Gasteiger partial charge on any atom is 0.242 e. The van der Waals surface area contributed by atoms with E-state index in [1.54, 1.807) is 16.7 Å². The Morgan fingerprint density at radius 2 is 1.77 bits per heavy atom. The first-order valence-corrected chi connectivity index (χ1v) is 11.9. The van der Waals surface area contributed by atoms with Gasteiger partial charge in [-0.2, -0.15) is 0 Å². The fraction of sp³-hybridized carbons (Fsp3) is 0.417. The van der Waals surface area contributed by atoms with E-state index in [0.717, 1.165) is 23.3 Å². The number of nitrogens with one attached hydrogen (secondary N) is 1. The summed E-state index contributed by atoms with van der Waals surface area (Å²) in [5.41, 5.74) is 1.02. The lowest BCUT2D eigenvalue weighted by Crippen LogP contribution is -2.49. The van der Waals surface area contributed by atoms with Gasteiger partial charge in [0, 0.05) is 35.2 Å². The number of benzene rings is 2. The first-order valence-electron chi connectivity index (χ1n) is 10.5. The van der Waals surface area contributed by atoms with Gasteiger partial charge in [0.25, 0.3) is 0 Å². The van der Waals surface area contributed by atoms with Crippen LogP contribution in [0.15, 0.2) is 59.5 Å². The summed E-state index contributed by atoms with van der Waals surface area (Å²) in [6.45, 7) is 5.13. The predicted octanol–water partition coefficient (Wildman–Crippen LogP) is 5.55. The van der Waals surface area contributed by atoms with Gasteiger partial charge in [-0.05, 0) is 42.7 Å². The maximum absolute atomic E-state index is 13.1. The van der Waals surface area contributed by atoms with E-state index < -0.39 is 6.04 Å². The molecule has 4 nitrogen and oxygen atoms in total. The Kier molecular flexibility index (Phi) is 10.8. The fourth-order valence-electron chi connectivity index (χ4n) is 3.14. The highest BCUT2D eigenvalue weighted by molar-refractivity contribution is 7.99. The van der Waals surface area contributed by atoms with Gasteiger partial charge in [-0.3, -0.25) is 9.59 Å². The first-order chi connectivity index (χ1) is 14.5. The Labute approximate surface area is 189 Å². The van der Waals surface area contributed by atoms with Crippen LogP contribution in [0.5, 0.6) is 0 Å². The van der Waals surface area contributed by atoms with Crippen molar-refractivity contribution in [2.24, 2.45) is 0 Å². The van der Waals surface area contributed by atoms with Crippen molar-refractivity contribution in [2.45, 2.75) is 57.0 Å². The molecule has 2 aromatic rings. The van der Waals surface area contributed by atoms with Gasteiger partial charge in [0.1, 0.15) is 6.04 Å². The summed E-state index contributed by atoms with van der Waals surface area (Å²) in [5, 5.41) is 3.69. The Bertz CT molecular complexity index is 784. The average Bonchev–Trinajstić information content (AvgIpc) is 2.76. The molecule has 2 aromatic carbocycles. The van der Waals surface area contributed by atoms with E-state index in [4.69, 9.17) is 11.6 Å². The number of carbonyl (C=O) groups excluding carboxylic acids is 2. The van der Waals surface area contributed by atoms with Crippen LogP contribution in [0.1, 0.15) is 45.1 Å². The number of carbonyl (C=O) groups is 2. The van der Waals surface area contributed by atoms with Crippen LogP contribution in [0.4, 0.5) is 0 Å². The zero-order chi connectivity index (χ0) is 21.8. The van der Waals surface area contributed by atoms with Gasteiger partial charge >= 0.3 is 0 Å². The molecular formula is C24H31ClN2O2S. The summed E-state index contributed by atoms with van der Waals surface area (Å²) in [6, 6.07) is 17.0. The molecular weight excluding hydrogens is 416 g/mol. The highest BCUT2D eigenvalue weighted by atomic mass is 35.5. The molecule has 0 aliphatic carbocycles. The molecule has 0 fully saturated rings. The number of rotatable bonds is 12. The topological polar surface area (TPSA) is 49.4 Å². The molecule has 1 N–H and O–H groups in total. The first kappa shape index (κ1) is 24.3. The van der Waals surface area contributed by atoms with Gasteiger partial charge in [-0.25, -0.2) is 0 Å². The summed E-state index contributed by atoms with van der Waals surface area (Å²) in [6.07, 6.45) is 2.91. The van der Waals surface area contributed by atoms with Gasteiger partial charge in [-0.15, -0.1) is 11.8 Å². The van der Waals surface area contributed by atoms with Crippen molar-refractivity contribution in [3.63, 3.8) is 0 Å². The number of halogens is 1. The lowest BCUT2D eigenvalue weighted by molar-refractivity contribution is -0.141. The lowest BCUT2D eigenvalue weighted by Gasteiger charge is -2.30. The molecule has 0 heterocycles. The number of hydrogen-bond donors (Lipinski definition) is 1. The molecule has 0 aliphatic heterocycles. The van der Waals surface area contributed by atoms with Gasteiger partial charge in [0.15, 0.2) is 0 Å².